The number of piperidine rings is 1. The molecule has 3 heterocycles. The Hall–Kier alpha value is -2.73. The van der Waals surface area contributed by atoms with Crippen LogP contribution in [0.15, 0.2) is 30.6 Å². The molecule has 0 radical (unpaired) electrons. The van der Waals surface area contributed by atoms with E-state index in [1.54, 1.807) is 0 Å². The minimum absolute atomic E-state index is 0.0735. The van der Waals surface area contributed by atoms with Crippen molar-refractivity contribution < 1.29 is 4.79 Å². The van der Waals surface area contributed by atoms with Crippen molar-refractivity contribution in [2.45, 2.75) is 46.2 Å². The molecular weight excluding hydrogens is 374 g/mol. The van der Waals surface area contributed by atoms with Crippen molar-refractivity contribution in [3.8, 4) is 11.3 Å². The SMILES string of the molecule is CCn1cc(-c2cc(C(=O)N(C)C3CCN(C)CC3)c3ccc(C)c(C)c3n2)cn1. The van der Waals surface area contributed by atoms with Crippen molar-refractivity contribution in [1.82, 2.24) is 24.6 Å². The summed E-state index contributed by atoms with van der Waals surface area (Å²) < 4.78 is 1.89. The first kappa shape index (κ1) is 20.5. The zero-order chi connectivity index (χ0) is 21.4. The largest absolute Gasteiger partial charge is 0.339 e. The van der Waals surface area contributed by atoms with E-state index >= 15 is 0 Å². The third kappa shape index (κ3) is 3.72. The molecule has 1 saturated heterocycles. The van der Waals surface area contributed by atoms with E-state index in [9.17, 15) is 4.79 Å². The van der Waals surface area contributed by atoms with Gasteiger partial charge in [-0.2, -0.15) is 5.10 Å². The highest BCUT2D eigenvalue weighted by atomic mass is 16.2. The van der Waals surface area contributed by atoms with Gasteiger partial charge in [0.1, 0.15) is 0 Å². The first-order valence-corrected chi connectivity index (χ1v) is 10.8. The summed E-state index contributed by atoms with van der Waals surface area (Å²) in [5.41, 5.74) is 5.67. The molecule has 1 aromatic carbocycles. The van der Waals surface area contributed by atoms with Crippen LogP contribution in [0, 0.1) is 13.8 Å². The van der Waals surface area contributed by atoms with Crippen molar-refractivity contribution in [3.05, 3.63) is 47.3 Å². The maximum absolute atomic E-state index is 13.6. The van der Waals surface area contributed by atoms with Crippen molar-refractivity contribution >= 4 is 16.8 Å². The van der Waals surface area contributed by atoms with Crippen molar-refractivity contribution in [2.24, 2.45) is 0 Å². The zero-order valence-corrected chi connectivity index (χ0v) is 18.6. The summed E-state index contributed by atoms with van der Waals surface area (Å²) >= 11 is 0. The number of hydrogen-bond donors (Lipinski definition) is 0. The second-order valence-electron chi connectivity index (χ2n) is 8.49. The predicted molar refractivity (Wildman–Crippen MR) is 121 cm³/mol. The van der Waals surface area contributed by atoms with Crippen LogP contribution in [-0.2, 0) is 6.54 Å². The number of aryl methyl sites for hydroxylation is 3. The van der Waals surface area contributed by atoms with Crippen LogP contribution in [0.25, 0.3) is 22.2 Å². The molecule has 0 saturated carbocycles. The molecule has 1 aliphatic heterocycles. The Bertz CT molecular complexity index is 1080. The Morgan fingerprint density at radius 2 is 1.97 bits per heavy atom. The van der Waals surface area contributed by atoms with E-state index in [0.717, 1.165) is 65.8 Å². The monoisotopic (exact) mass is 405 g/mol. The topological polar surface area (TPSA) is 54.3 Å². The van der Waals surface area contributed by atoms with Crippen LogP contribution < -0.4 is 0 Å². The third-order valence-electron chi connectivity index (χ3n) is 6.54. The number of hydrogen-bond acceptors (Lipinski definition) is 4. The van der Waals surface area contributed by atoms with Gasteiger partial charge < -0.3 is 9.80 Å². The van der Waals surface area contributed by atoms with E-state index in [4.69, 9.17) is 4.98 Å². The van der Waals surface area contributed by atoms with Gasteiger partial charge in [0.05, 0.1) is 23.0 Å². The quantitative estimate of drug-likeness (QED) is 0.661. The molecule has 3 aromatic rings. The van der Waals surface area contributed by atoms with E-state index in [0.29, 0.717) is 0 Å². The molecule has 4 rings (SSSR count). The number of benzene rings is 1. The van der Waals surface area contributed by atoms with Crippen LogP contribution in [0.1, 0.15) is 41.3 Å². The van der Waals surface area contributed by atoms with Crippen LogP contribution in [0.3, 0.4) is 0 Å². The van der Waals surface area contributed by atoms with Gasteiger partial charge in [0.2, 0.25) is 0 Å². The predicted octanol–water partition coefficient (Wildman–Crippen LogP) is 3.90. The summed E-state index contributed by atoms with van der Waals surface area (Å²) in [5.74, 6) is 0.0735. The fourth-order valence-electron chi connectivity index (χ4n) is 4.26. The molecule has 0 bridgehead atoms. The lowest BCUT2D eigenvalue weighted by molar-refractivity contribution is 0.0661. The average Bonchev–Trinajstić information content (AvgIpc) is 3.24. The minimum Gasteiger partial charge on any atom is -0.339 e. The molecule has 30 heavy (non-hydrogen) atoms. The number of fused-ring (bicyclic) bond motifs is 1. The van der Waals surface area contributed by atoms with Crippen LogP contribution in [0.2, 0.25) is 0 Å². The molecule has 0 aliphatic carbocycles. The molecule has 0 spiro atoms. The molecule has 1 fully saturated rings. The van der Waals surface area contributed by atoms with E-state index in [1.165, 1.54) is 5.56 Å². The highest BCUT2D eigenvalue weighted by Gasteiger charge is 2.26. The third-order valence-corrected chi connectivity index (χ3v) is 6.54. The number of rotatable bonds is 4. The first-order chi connectivity index (χ1) is 14.4. The summed E-state index contributed by atoms with van der Waals surface area (Å²) in [7, 11) is 4.09. The maximum atomic E-state index is 13.6. The Morgan fingerprint density at radius 1 is 1.23 bits per heavy atom. The van der Waals surface area contributed by atoms with Crippen molar-refractivity contribution in [2.75, 3.05) is 27.2 Å². The molecular formula is C24H31N5O. The van der Waals surface area contributed by atoms with Gasteiger partial charge in [-0.1, -0.05) is 12.1 Å². The Labute approximate surface area is 178 Å². The molecule has 1 aliphatic rings. The summed E-state index contributed by atoms with van der Waals surface area (Å²) in [6.07, 6.45) is 5.85. The van der Waals surface area contributed by atoms with Gasteiger partial charge >= 0.3 is 0 Å². The number of carbonyl (C=O) groups is 1. The van der Waals surface area contributed by atoms with E-state index in [-0.39, 0.29) is 11.9 Å². The van der Waals surface area contributed by atoms with Gasteiger partial charge in [0, 0.05) is 36.8 Å². The highest BCUT2D eigenvalue weighted by molar-refractivity contribution is 6.08. The van der Waals surface area contributed by atoms with Gasteiger partial charge in [0.25, 0.3) is 5.91 Å². The van der Waals surface area contributed by atoms with E-state index in [2.05, 4.69) is 43.9 Å². The minimum atomic E-state index is 0.0735. The lowest BCUT2D eigenvalue weighted by Crippen LogP contribution is -2.44. The molecule has 1 amide bonds. The molecule has 2 aromatic heterocycles. The normalized spacial score (nSPS) is 15.6. The first-order valence-electron chi connectivity index (χ1n) is 10.8. The summed E-state index contributed by atoms with van der Waals surface area (Å²) in [6, 6.07) is 6.34. The molecule has 0 N–H and O–H groups in total. The summed E-state index contributed by atoms with van der Waals surface area (Å²) in [6.45, 7) is 9.08. The van der Waals surface area contributed by atoms with Crippen LogP contribution >= 0.6 is 0 Å². The number of aromatic nitrogens is 3. The molecule has 0 unspecified atom stereocenters. The summed E-state index contributed by atoms with van der Waals surface area (Å²) in [5, 5.41) is 5.32. The second kappa shape index (κ2) is 8.19. The van der Waals surface area contributed by atoms with Gasteiger partial charge in [-0.3, -0.25) is 9.48 Å². The number of carbonyl (C=O) groups excluding carboxylic acids is 1. The van der Waals surface area contributed by atoms with Gasteiger partial charge in [-0.05, 0) is 70.9 Å². The fraction of sp³-hybridized carbons (Fsp3) is 0.458. The number of amides is 1. The van der Waals surface area contributed by atoms with E-state index < -0.39 is 0 Å². The molecule has 0 atom stereocenters. The molecule has 6 heteroatoms. The highest BCUT2D eigenvalue weighted by Crippen LogP contribution is 2.29. The molecule has 158 valence electrons. The Kier molecular flexibility index (Phi) is 5.60. The van der Waals surface area contributed by atoms with Crippen LogP contribution in [0.4, 0.5) is 0 Å². The van der Waals surface area contributed by atoms with Crippen molar-refractivity contribution in [1.29, 1.82) is 0 Å². The lowest BCUT2D eigenvalue weighted by atomic mass is 9.98. The average molecular weight is 406 g/mol. The van der Waals surface area contributed by atoms with Crippen LogP contribution in [0.5, 0.6) is 0 Å². The Balaban J connectivity index is 1.81. The van der Waals surface area contributed by atoms with Crippen LogP contribution in [-0.4, -0.2) is 63.7 Å². The summed E-state index contributed by atoms with van der Waals surface area (Å²) in [4.78, 5) is 22.9. The second-order valence-corrected chi connectivity index (χ2v) is 8.49. The standard InChI is InChI=1S/C24H31N5O/c1-6-29-15-18(14-25-29)22-13-21(20-8-7-16(2)17(3)23(20)26-22)24(30)28(5)19-9-11-27(4)12-10-19/h7-8,13-15,19H,6,9-12H2,1-5H3. The smallest absolute Gasteiger partial charge is 0.254 e. The zero-order valence-electron chi connectivity index (χ0n) is 18.6. The van der Waals surface area contributed by atoms with Gasteiger partial charge in [-0.15, -0.1) is 0 Å². The number of pyridine rings is 1. The fourth-order valence-corrected chi connectivity index (χ4v) is 4.26. The Morgan fingerprint density at radius 3 is 2.63 bits per heavy atom. The number of likely N-dealkylation sites (tertiary alicyclic amines) is 1. The van der Waals surface area contributed by atoms with Gasteiger partial charge in [-0.25, -0.2) is 4.98 Å². The van der Waals surface area contributed by atoms with Crippen molar-refractivity contribution in [3.63, 3.8) is 0 Å². The lowest BCUT2D eigenvalue weighted by Gasteiger charge is -2.35. The number of nitrogens with zero attached hydrogens (tertiary/aromatic N) is 5. The maximum Gasteiger partial charge on any atom is 0.254 e. The molecule has 6 nitrogen and oxygen atoms in total. The van der Waals surface area contributed by atoms with Gasteiger partial charge in [0.15, 0.2) is 0 Å². The van der Waals surface area contributed by atoms with E-state index in [1.807, 2.05) is 41.2 Å².